The number of hydrogen-bond acceptors (Lipinski definition) is 18. The van der Waals surface area contributed by atoms with Crippen molar-refractivity contribution in [3.8, 4) is 0 Å². The van der Waals surface area contributed by atoms with Crippen molar-refractivity contribution in [3.63, 3.8) is 0 Å². The number of hydrogen-bond donors (Lipinski definition) is 12. The van der Waals surface area contributed by atoms with Crippen LogP contribution >= 0.6 is 0 Å². The Morgan fingerprint density at radius 1 is 0.347 bits per heavy atom. The van der Waals surface area contributed by atoms with Gasteiger partial charge in [0.05, 0.1) is 38.6 Å². The summed E-state index contributed by atoms with van der Waals surface area (Å²) in [5.41, 5.74) is 0. The van der Waals surface area contributed by atoms with Crippen LogP contribution in [0.5, 0.6) is 0 Å². The highest BCUT2D eigenvalue weighted by molar-refractivity contribution is 5.76. The van der Waals surface area contributed by atoms with Gasteiger partial charge in [-0.15, -0.1) is 0 Å². The van der Waals surface area contributed by atoms with Crippen LogP contribution in [0.3, 0.4) is 0 Å². The third-order valence-electron chi connectivity index (χ3n) is 21.6. The number of rotatable bonds is 69. The maximum atomic E-state index is 13.5. The van der Waals surface area contributed by atoms with E-state index < -0.39 is 124 Å². The molecule has 3 fully saturated rings. The Morgan fingerprint density at radius 2 is 0.614 bits per heavy atom. The molecule has 0 radical (unpaired) electrons. The smallest absolute Gasteiger partial charge is 0.220 e. The zero-order chi connectivity index (χ0) is 73.2. The van der Waals surface area contributed by atoms with Gasteiger partial charge in [0.15, 0.2) is 18.9 Å². The van der Waals surface area contributed by atoms with E-state index in [2.05, 4.69) is 19.2 Å². The number of carbonyl (C=O) groups is 1. The highest BCUT2D eigenvalue weighted by atomic mass is 16.8. The largest absolute Gasteiger partial charge is 0.394 e. The monoisotopic (exact) mass is 1440 g/mol. The molecule has 3 aliphatic heterocycles. The zero-order valence-corrected chi connectivity index (χ0v) is 64.2. The van der Waals surface area contributed by atoms with Crippen LogP contribution < -0.4 is 5.32 Å². The molecule has 101 heavy (non-hydrogen) atoms. The molecule has 12 N–H and O–H groups in total. The molecule has 17 unspecified atom stereocenters. The summed E-state index contributed by atoms with van der Waals surface area (Å²) in [7, 11) is 0. The van der Waals surface area contributed by atoms with Crippen LogP contribution in [-0.4, -0.2) is 193 Å². The molecule has 0 bridgehead atoms. The minimum atomic E-state index is -1.98. The van der Waals surface area contributed by atoms with Gasteiger partial charge in [0.2, 0.25) is 5.91 Å². The second-order valence-electron chi connectivity index (χ2n) is 30.7. The topological polar surface area (TPSA) is 307 Å². The summed E-state index contributed by atoms with van der Waals surface area (Å²) in [6, 6.07) is -0.971. The molecule has 19 nitrogen and oxygen atoms in total. The number of aliphatic hydroxyl groups is 11. The van der Waals surface area contributed by atoms with E-state index in [1.54, 1.807) is 6.08 Å². The molecule has 0 aromatic heterocycles. The Morgan fingerprint density at radius 3 is 0.931 bits per heavy atom. The van der Waals surface area contributed by atoms with Crippen molar-refractivity contribution in [2.45, 2.75) is 478 Å². The quantitative estimate of drug-likeness (QED) is 0.0199. The Hall–Kier alpha value is -1.47. The summed E-state index contributed by atoms with van der Waals surface area (Å²) in [6.07, 6.45) is 49.2. The molecule has 3 heterocycles. The predicted molar refractivity (Wildman–Crippen MR) is 402 cm³/mol. The van der Waals surface area contributed by atoms with Crippen molar-refractivity contribution < 1.29 is 89.4 Å². The van der Waals surface area contributed by atoms with Crippen LogP contribution in [0.4, 0.5) is 0 Å². The molecule has 0 aliphatic carbocycles. The van der Waals surface area contributed by atoms with Crippen LogP contribution in [0.25, 0.3) is 0 Å². The van der Waals surface area contributed by atoms with Crippen molar-refractivity contribution in [2.24, 2.45) is 0 Å². The van der Waals surface area contributed by atoms with E-state index in [1.807, 2.05) is 6.08 Å². The maximum Gasteiger partial charge on any atom is 0.220 e. The first kappa shape index (κ1) is 93.7. The number of aliphatic hydroxyl groups excluding tert-OH is 11. The summed E-state index contributed by atoms with van der Waals surface area (Å²) in [4.78, 5) is 13.5. The molecule has 0 saturated carbocycles. The first-order valence-corrected chi connectivity index (χ1v) is 42.4. The molecule has 0 aromatic rings. The molecule has 1 amide bonds. The molecule has 17 atom stereocenters. The zero-order valence-electron chi connectivity index (χ0n) is 64.2. The third-order valence-corrected chi connectivity index (χ3v) is 21.6. The van der Waals surface area contributed by atoms with Gasteiger partial charge in [0.25, 0.3) is 0 Å². The first-order valence-electron chi connectivity index (χ1n) is 42.4. The van der Waals surface area contributed by atoms with Gasteiger partial charge in [0.1, 0.15) is 73.2 Å². The molecule has 0 spiro atoms. The Balaban J connectivity index is 1.36. The van der Waals surface area contributed by atoms with E-state index in [0.717, 1.165) is 44.9 Å². The Labute approximate surface area is 614 Å². The molecule has 0 aromatic carbocycles. The summed E-state index contributed by atoms with van der Waals surface area (Å²) >= 11 is 0. The van der Waals surface area contributed by atoms with Gasteiger partial charge in [-0.2, -0.15) is 0 Å². The van der Waals surface area contributed by atoms with E-state index in [-0.39, 0.29) is 18.9 Å². The normalized spacial score (nSPS) is 26.3. The van der Waals surface area contributed by atoms with Gasteiger partial charge in [0, 0.05) is 6.42 Å². The van der Waals surface area contributed by atoms with Crippen molar-refractivity contribution in [1.82, 2.24) is 5.32 Å². The highest BCUT2D eigenvalue weighted by Gasteiger charge is 2.54. The number of nitrogens with one attached hydrogen (secondary N) is 1. The van der Waals surface area contributed by atoms with Crippen LogP contribution in [-0.2, 0) is 33.2 Å². The highest BCUT2D eigenvalue weighted by Crippen LogP contribution is 2.33. The minimum absolute atomic E-state index is 0.250. The fourth-order valence-corrected chi connectivity index (χ4v) is 14.8. The van der Waals surface area contributed by atoms with Gasteiger partial charge in [-0.05, 0) is 19.3 Å². The van der Waals surface area contributed by atoms with E-state index in [9.17, 15) is 61.0 Å². The van der Waals surface area contributed by atoms with Crippen molar-refractivity contribution in [2.75, 3.05) is 26.4 Å². The van der Waals surface area contributed by atoms with Crippen LogP contribution in [0.2, 0.25) is 0 Å². The lowest BCUT2D eigenvalue weighted by Crippen LogP contribution is -2.66. The second kappa shape index (κ2) is 63.5. The van der Waals surface area contributed by atoms with Gasteiger partial charge in [-0.1, -0.05) is 360 Å². The number of carbonyl (C=O) groups excluding carboxylic acids is 1. The maximum absolute atomic E-state index is 13.5. The van der Waals surface area contributed by atoms with E-state index >= 15 is 0 Å². The SMILES string of the molecule is CCCCCCCCCCCCCCCCCCCCCCCCCCCCCC/C=C/C(O)C(COC1OC(CO)C(OC2OC(CO)C(OC3OC(CO)C(O)C(O)C3O)C(O)C2O)C(O)C1O)NC(=O)CCCCCCCCCCCCCCCCCCCCCCCCCCCC. The number of unbranched alkanes of at least 4 members (excludes halogenated alkanes) is 53. The van der Waals surface area contributed by atoms with E-state index in [4.69, 9.17) is 28.4 Å². The summed E-state index contributed by atoms with van der Waals surface area (Å²) in [6.45, 7) is 1.81. The standard InChI is InChI=1S/C82H157NO18/c1-3-5-7-9-11-13-15-17-19-21-23-25-27-29-31-32-33-34-35-37-39-41-43-45-47-49-51-53-55-57-59-66(87)65(83-70(88)60-58-56-54-52-50-48-46-44-42-40-38-36-30-28-26-24-22-20-18-16-14-12-10-8-6-4-2)64-96-80-76(94)73(91)78(68(62-85)98-80)101-82-77(95)74(92)79(69(63-86)99-82)100-81-75(93)72(90)71(89)67(61-84)97-81/h57,59,65-69,71-82,84-87,89-95H,3-56,58,60-64H2,1-2H3,(H,83,88)/b59-57+. The fraction of sp³-hybridized carbons (Fsp3) is 0.963. The Kier molecular flexibility index (Phi) is 58.9. The summed E-state index contributed by atoms with van der Waals surface area (Å²) in [5, 5.41) is 121. The van der Waals surface area contributed by atoms with Gasteiger partial charge >= 0.3 is 0 Å². The molecular weight excluding hydrogens is 1290 g/mol. The predicted octanol–water partition coefficient (Wildman–Crippen LogP) is 14.7. The van der Waals surface area contributed by atoms with Crippen molar-refractivity contribution in [1.29, 1.82) is 0 Å². The molecule has 3 rings (SSSR count). The molecule has 598 valence electrons. The molecule has 3 aliphatic rings. The lowest BCUT2D eigenvalue weighted by atomic mass is 9.96. The van der Waals surface area contributed by atoms with Gasteiger partial charge in [-0.25, -0.2) is 0 Å². The Bertz CT molecular complexity index is 1870. The number of ether oxygens (including phenoxy) is 6. The minimum Gasteiger partial charge on any atom is -0.394 e. The summed E-state index contributed by atoms with van der Waals surface area (Å²) in [5.74, 6) is -0.266. The van der Waals surface area contributed by atoms with E-state index in [1.165, 1.54) is 302 Å². The summed E-state index contributed by atoms with van der Waals surface area (Å²) < 4.78 is 34.5. The van der Waals surface area contributed by atoms with Gasteiger partial charge in [-0.3, -0.25) is 4.79 Å². The molecule has 19 heteroatoms. The number of amides is 1. The first-order chi connectivity index (χ1) is 49.3. The lowest BCUT2D eigenvalue weighted by molar-refractivity contribution is -0.379. The van der Waals surface area contributed by atoms with Crippen LogP contribution in [0.15, 0.2) is 12.2 Å². The van der Waals surface area contributed by atoms with Gasteiger partial charge < -0.3 is 89.9 Å². The molecular formula is C82H157NO18. The lowest BCUT2D eigenvalue weighted by Gasteiger charge is -2.48. The fourth-order valence-electron chi connectivity index (χ4n) is 14.8. The van der Waals surface area contributed by atoms with Crippen molar-refractivity contribution in [3.05, 3.63) is 12.2 Å². The third kappa shape index (κ3) is 43.3. The molecule has 3 saturated heterocycles. The number of allylic oxidation sites excluding steroid dienone is 1. The average molecular weight is 1450 g/mol. The average Bonchev–Trinajstić information content (AvgIpc) is 0.790. The van der Waals surface area contributed by atoms with E-state index in [0.29, 0.717) is 6.42 Å². The van der Waals surface area contributed by atoms with Crippen LogP contribution in [0, 0.1) is 0 Å². The van der Waals surface area contributed by atoms with Crippen molar-refractivity contribution >= 4 is 5.91 Å². The van der Waals surface area contributed by atoms with Crippen LogP contribution in [0.1, 0.15) is 373 Å². The second-order valence-corrected chi connectivity index (χ2v) is 30.7.